The molecule has 0 saturated carbocycles. The Kier molecular flexibility index (Phi) is 4.24. The number of hydrogen-bond donors (Lipinski definition) is 1. The lowest BCUT2D eigenvalue weighted by atomic mass is 10.2. The summed E-state index contributed by atoms with van der Waals surface area (Å²) in [5, 5.41) is 2.96. The minimum absolute atomic E-state index is 0.175. The largest absolute Gasteiger partial charge is 0.486 e. The van der Waals surface area contributed by atoms with E-state index >= 15 is 0 Å². The molecule has 7 heteroatoms. The normalized spacial score (nSPS) is 12.9. The fourth-order valence-electron chi connectivity index (χ4n) is 3.88. The lowest BCUT2D eigenvalue weighted by Crippen LogP contribution is -2.16. The second-order valence-electron chi connectivity index (χ2n) is 7.32. The number of oxazole rings is 1. The number of rotatable bonds is 3. The van der Waals surface area contributed by atoms with Gasteiger partial charge in [0, 0.05) is 35.8 Å². The van der Waals surface area contributed by atoms with Gasteiger partial charge >= 0.3 is 0 Å². The molecule has 7 nitrogen and oxygen atoms in total. The van der Waals surface area contributed by atoms with Crippen LogP contribution in [0.2, 0.25) is 0 Å². The second kappa shape index (κ2) is 6.95. The third-order valence-corrected chi connectivity index (χ3v) is 5.21. The van der Waals surface area contributed by atoms with E-state index < -0.39 is 0 Å². The number of hydrogen-bond acceptors (Lipinski definition) is 5. The van der Waals surface area contributed by atoms with Gasteiger partial charge in [0.1, 0.15) is 18.7 Å². The van der Waals surface area contributed by atoms with Gasteiger partial charge in [-0.05, 0) is 50.2 Å². The Morgan fingerprint density at radius 1 is 1.00 bits per heavy atom. The number of nitrogens with one attached hydrogen (secondary N) is 1. The van der Waals surface area contributed by atoms with Crippen molar-refractivity contribution in [3.8, 4) is 17.2 Å². The Labute approximate surface area is 173 Å². The van der Waals surface area contributed by atoms with Crippen molar-refractivity contribution in [3.63, 3.8) is 0 Å². The molecule has 152 valence electrons. The molecule has 0 bridgehead atoms. The zero-order chi connectivity index (χ0) is 20.8. The number of amides is 1. The molecule has 0 saturated heterocycles. The number of anilines is 1. The van der Waals surface area contributed by atoms with Crippen molar-refractivity contribution in [1.82, 2.24) is 9.55 Å². The maximum atomic E-state index is 13.0. The summed E-state index contributed by atoms with van der Waals surface area (Å²) in [6.07, 6.45) is 0. The monoisotopic (exact) mass is 403 g/mol. The van der Waals surface area contributed by atoms with Gasteiger partial charge in [-0.1, -0.05) is 0 Å². The van der Waals surface area contributed by atoms with Crippen LogP contribution in [0.5, 0.6) is 11.5 Å². The van der Waals surface area contributed by atoms with Crippen LogP contribution in [0.25, 0.3) is 16.8 Å². The van der Waals surface area contributed by atoms with E-state index in [1.54, 1.807) is 6.92 Å². The van der Waals surface area contributed by atoms with Gasteiger partial charge in [0.05, 0.1) is 5.56 Å². The zero-order valence-corrected chi connectivity index (χ0v) is 17.0. The third kappa shape index (κ3) is 3.08. The van der Waals surface area contributed by atoms with Crippen molar-refractivity contribution < 1.29 is 18.7 Å². The summed E-state index contributed by atoms with van der Waals surface area (Å²) in [5.41, 5.74) is 5.42. The van der Waals surface area contributed by atoms with Gasteiger partial charge in [0.2, 0.25) is 0 Å². The Morgan fingerprint density at radius 2 is 1.80 bits per heavy atom. The topological polar surface area (TPSA) is 78.5 Å². The Hall–Kier alpha value is -3.74. The van der Waals surface area contributed by atoms with E-state index in [0.717, 1.165) is 22.8 Å². The lowest BCUT2D eigenvalue weighted by Gasteiger charge is -2.20. The molecule has 0 spiro atoms. The van der Waals surface area contributed by atoms with Gasteiger partial charge in [-0.3, -0.25) is 4.79 Å². The minimum Gasteiger partial charge on any atom is -0.486 e. The number of carbonyl (C=O) groups excluding carboxylic acids is 1. The summed E-state index contributed by atoms with van der Waals surface area (Å²) in [5.74, 6) is 1.88. The van der Waals surface area contributed by atoms with E-state index in [1.807, 2.05) is 60.9 Å². The molecule has 5 rings (SSSR count). The molecule has 3 heterocycles. The molecular weight excluding hydrogens is 382 g/mol. The number of carbonyl (C=O) groups is 1. The summed E-state index contributed by atoms with van der Waals surface area (Å²) < 4.78 is 18.8. The van der Waals surface area contributed by atoms with E-state index in [0.29, 0.717) is 47.2 Å². The van der Waals surface area contributed by atoms with E-state index in [1.165, 1.54) is 0 Å². The highest BCUT2D eigenvalue weighted by Gasteiger charge is 2.19. The average molecular weight is 403 g/mol. The van der Waals surface area contributed by atoms with Crippen LogP contribution < -0.4 is 14.8 Å². The van der Waals surface area contributed by atoms with Gasteiger partial charge in [-0.2, -0.15) is 0 Å². The van der Waals surface area contributed by atoms with Crippen molar-refractivity contribution in [1.29, 1.82) is 0 Å². The number of aryl methyl sites for hydroxylation is 2. The molecule has 0 radical (unpaired) electrons. The average Bonchev–Trinajstić information content (AvgIpc) is 3.25. The first kappa shape index (κ1) is 18.3. The summed E-state index contributed by atoms with van der Waals surface area (Å²) in [7, 11) is 0. The fourth-order valence-corrected chi connectivity index (χ4v) is 3.88. The van der Waals surface area contributed by atoms with Crippen molar-refractivity contribution in [2.45, 2.75) is 20.8 Å². The summed E-state index contributed by atoms with van der Waals surface area (Å²) in [6.45, 7) is 6.79. The lowest BCUT2D eigenvalue weighted by molar-refractivity contribution is 0.102. The highest BCUT2D eigenvalue weighted by molar-refractivity contribution is 6.06. The first-order chi connectivity index (χ1) is 14.5. The van der Waals surface area contributed by atoms with Crippen LogP contribution in [-0.2, 0) is 0 Å². The predicted octanol–water partition coefficient (Wildman–Crippen LogP) is 4.57. The highest BCUT2D eigenvalue weighted by atomic mass is 16.6. The molecule has 0 unspecified atom stereocenters. The molecule has 1 N–H and O–H groups in total. The summed E-state index contributed by atoms with van der Waals surface area (Å²) >= 11 is 0. The van der Waals surface area contributed by atoms with E-state index in [2.05, 4.69) is 10.3 Å². The third-order valence-electron chi connectivity index (χ3n) is 5.21. The highest BCUT2D eigenvalue weighted by Crippen LogP contribution is 2.33. The van der Waals surface area contributed by atoms with Gasteiger partial charge in [0.15, 0.2) is 23.0 Å². The SMILES string of the molecule is Cc1nc2cc(NC(=O)c3cc(C)n(-c4ccc5c(c4)OCCO5)c3C)ccc2o1. The van der Waals surface area contributed by atoms with Gasteiger partial charge < -0.3 is 23.8 Å². The Bertz CT molecular complexity index is 1290. The maximum absolute atomic E-state index is 13.0. The molecule has 4 aromatic rings. The van der Waals surface area contributed by atoms with Crippen molar-refractivity contribution >= 4 is 22.7 Å². The number of benzene rings is 2. The Morgan fingerprint density at radius 3 is 2.63 bits per heavy atom. The molecule has 30 heavy (non-hydrogen) atoms. The molecule has 1 aliphatic rings. The zero-order valence-electron chi connectivity index (χ0n) is 17.0. The fraction of sp³-hybridized carbons (Fsp3) is 0.217. The molecule has 0 fully saturated rings. The summed E-state index contributed by atoms with van der Waals surface area (Å²) in [4.78, 5) is 17.3. The minimum atomic E-state index is -0.175. The van der Waals surface area contributed by atoms with Crippen molar-refractivity contribution in [2.24, 2.45) is 0 Å². The molecule has 0 atom stereocenters. The Balaban J connectivity index is 1.45. The number of nitrogens with zero attached hydrogens (tertiary/aromatic N) is 2. The van der Waals surface area contributed by atoms with Crippen LogP contribution in [-0.4, -0.2) is 28.7 Å². The predicted molar refractivity (Wildman–Crippen MR) is 113 cm³/mol. The van der Waals surface area contributed by atoms with Crippen molar-refractivity contribution in [3.05, 3.63) is 65.3 Å². The molecule has 2 aromatic carbocycles. The van der Waals surface area contributed by atoms with E-state index in [9.17, 15) is 4.79 Å². The molecule has 2 aromatic heterocycles. The van der Waals surface area contributed by atoms with Crippen LogP contribution in [0.15, 0.2) is 46.9 Å². The van der Waals surface area contributed by atoms with Crippen LogP contribution in [0.4, 0.5) is 5.69 Å². The molecule has 1 aliphatic heterocycles. The summed E-state index contributed by atoms with van der Waals surface area (Å²) in [6, 6.07) is 13.1. The van der Waals surface area contributed by atoms with Gasteiger partial charge in [0.25, 0.3) is 5.91 Å². The van der Waals surface area contributed by atoms with Crippen LogP contribution in [0.1, 0.15) is 27.6 Å². The van der Waals surface area contributed by atoms with Gasteiger partial charge in [-0.25, -0.2) is 4.98 Å². The van der Waals surface area contributed by atoms with Crippen molar-refractivity contribution in [2.75, 3.05) is 18.5 Å². The van der Waals surface area contributed by atoms with Crippen LogP contribution in [0, 0.1) is 20.8 Å². The molecule has 0 aliphatic carbocycles. The standard InChI is InChI=1S/C23H21N3O4/c1-13-10-18(23(27)25-16-4-6-20-19(11-16)24-15(3)30-20)14(2)26(13)17-5-7-21-22(12-17)29-9-8-28-21/h4-7,10-12H,8-9H2,1-3H3,(H,25,27). The number of fused-ring (bicyclic) bond motifs is 2. The smallest absolute Gasteiger partial charge is 0.257 e. The number of ether oxygens (including phenoxy) is 2. The van der Waals surface area contributed by atoms with E-state index in [-0.39, 0.29) is 5.91 Å². The maximum Gasteiger partial charge on any atom is 0.257 e. The first-order valence-electron chi connectivity index (χ1n) is 9.77. The van der Waals surface area contributed by atoms with Gasteiger partial charge in [-0.15, -0.1) is 0 Å². The second-order valence-corrected chi connectivity index (χ2v) is 7.32. The molecule has 1 amide bonds. The molecular formula is C23H21N3O4. The van der Waals surface area contributed by atoms with Crippen LogP contribution in [0.3, 0.4) is 0 Å². The number of aromatic nitrogens is 2. The quantitative estimate of drug-likeness (QED) is 0.542. The first-order valence-corrected chi connectivity index (χ1v) is 9.77. The van der Waals surface area contributed by atoms with E-state index in [4.69, 9.17) is 13.9 Å². The van der Waals surface area contributed by atoms with Crippen LogP contribution >= 0.6 is 0 Å².